The number of ether oxygens (including phenoxy) is 2. The van der Waals surface area contributed by atoms with E-state index in [0.717, 1.165) is 45.4 Å². The van der Waals surface area contributed by atoms with E-state index >= 15 is 0 Å². The van der Waals surface area contributed by atoms with E-state index in [0.29, 0.717) is 41.5 Å². The Labute approximate surface area is 185 Å². The smallest absolute Gasteiger partial charge is 0.263 e. The maximum atomic E-state index is 14.7. The van der Waals surface area contributed by atoms with Crippen molar-refractivity contribution < 1.29 is 23.5 Å². The summed E-state index contributed by atoms with van der Waals surface area (Å²) in [5, 5.41) is 0.465. The Bertz CT molecular complexity index is 848. The number of amidine groups is 1. The minimum absolute atomic E-state index is 0.0656. The summed E-state index contributed by atoms with van der Waals surface area (Å²) in [4.78, 5) is 34.4. The number of fused-ring (bicyclic) bond motifs is 1. The van der Waals surface area contributed by atoms with Crippen LogP contribution in [0, 0.1) is 11.8 Å². The molecule has 1 aliphatic carbocycles. The van der Waals surface area contributed by atoms with Crippen LogP contribution in [0.4, 0.5) is 4.39 Å². The number of nitrogens with zero attached hydrogens (tertiary/aromatic N) is 3. The molecule has 0 radical (unpaired) electrons. The molecule has 9 heteroatoms. The largest absolute Gasteiger partial charge is 0.493 e. The Kier molecular flexibility index (Phi) is 7.22. The monoisotopic (exact) mass is 449 g/mol. The topological polar surface area (TPSA) is 80.6 Å². The normalized spacial score (nSPS) is 27.0. The molecule has 2 saturated heterocycles. The van der Waals surface area contributed by atoms with Crippen molar-refractivity contribution in [1.29, 1.82) is 0 Å². The number of allylic oxidation sites excluding steroid dienone is 2. The zero-order valence-corrected chi connectivity index (χ0v) is 18.5. The highest BCUT2D eigenvalue weighted by atomic mass is 32.2. The predicted molar refractivity (Wildman–Crippen MR) is 118 cm³/mol. The zero-order chi connectivity index (χ0) is 21.8. The molecule has 0 saturated carbocycles. The van der Waals surface area contributed by atoms with E-state index in [4.69, 9.17) is 9.47 Å². The Morgan fingerprint density at radius 3 is 2.87 bits per heavy atom. The molecule has 168 valence electrons. The number of carbonyl (C=O) groups excluding carboxylic acids is 2. The second-order valence-corrected chi connectivity index (χ2v) is 9.61. The summed E-state index contributed by atoms with van der Waals surface area (Å²) in [6.45, 7) is 4.90. The SMILES string of the molecule is CC(=O)N1CCCC(COC2=CC3=NC(CSC4CCOCC4)=NC(=O)C3C(F)=C2)C1. The molecule has 2 fully saturated rings. The van der Waals surface area contributed by atoms with E-state index in [1.54, 1.807) is 24.8 Å². The number of aliphatic imine (C=N–C) groups is 2. The molecule has 4 aliphatic rings. The van der Waals surface area contributed by atoms with Gasteiger partial charge in [-0.2, -0.15) is 16.8 Å². The Balaban J connectivity index is 1.38. The summed E-state index contributed by atoms with van der Waals surface area (Å²) in [7, 11) is 0. The molecule has 0 bridgehead atoms. The molecule has 0 aromatic carbocycles. The van der Waals surface area contributed by atoms with Crippen LogP contribution in [-0.4, -0.2) is 72.2 Å². The van der Waals surface area contributed by atoms with Gasteiger partial charge in [-0.25, -0.2) is 9.38 Å². The lowest BCUT2D eigenvalue weighted by Gasteiger charge is -2.32. The van der Waals surface area contributed by atoms with Crippen LogP contribution in [0.1, 0.15) is 32.6 Å². The van der Waals surface area contributed by atoms with E-state index in [1.807, 2.05) is 4.90 Å². The van der Waals surface area contributed by atoms with Gasteiger partial charge < -0.3 is 14.4 Å². The number of thioether (sulfide) groups is 1. The summed E-state index contributed by atoms with van der Waals surface area (Å²) in [5.74, 6) is -0.582. The average Bonchev–Trinajstić information content (AvgIpc) is 2.76. The van der Waals surface area contributed by atoms with Crippen LogP contribution < -0.4 is 0 Å². The number of carbonyl (C=O) groups is 2. The molecular weight excluding hydrogens is 421 g/mol. The highest BCUT2D eigenvalue weighted by Gasteiger charge is 2.35. The van der Waals surface area contributed by atoms with Crippen LogP contribution in [0.3, 0.4) is 0 Å². The number of amides is 2. The summed E-state index contributed by atoms with van der Waals surface area (Å²) < 4.78 is 25.9. The predicted octanol–water partition coefficient (Wildman–Crippen LogP) is 2.92. The van der Waals surface area contributed by atoms with Gasteiger partial charge in [-0.15, -0.1) is 0 Å². The second-order valence-electron chi connectivity index (χ2n) is 8.32. The van der Waals surface area contributed by atoms with Gasteiger partial charge >= 0.3 is 0 Å². The highest BCUT2D eigenvalue weighted by Crippen LogP contribution is 2.30. The molecule has 7 nitrogen and oxygen atoms in total. The number of hydrogen-bond acceptors (Lipinski definition) is 6. The van der Waals surface area contributed by atoms with Gasteiger partial charge in [0.1, 0.15) is 23.3 Å². The number of piperidine rings is 1. The molecule has 2 amide bonds. The van der Waals surface area contributed by atoms with Crippen molar-refractivity contribution in [3.05, 3.63) is 23.7 Å². The fourth-order valence-electron chi connectivity index (χ4n) is 4.22. The Morgan fingerprint density at radius 1 is 1.29 bits per heavy atom. The van der Waals surface area contributed by atoms with Crippen LogP contribution in [0.2, 0.25) is 0 Å². The number of rotatable bonds is 6. The van der Waals surface area contributed by atoms with Crippen molar-refractivity contribution in [3.63, 3.8) is 0 Å². The highest BCUT2D eigenvalue weighted by molar-refractivity contribution is 8.00. The van der Waals surface area contributed by atoms with Crippen LogP contribution in [-0.2, 0) is 19.1 Å². The molecular formula is C22H28FN3O4S. The van der Waals surface area contributed by atoms with Crippen LogP contribution in [0.5, 0.6) is 0 Å². The van der Waals surface area contributed by atoms with E-state index in [2.05, 4.69) is 9.98 Å². The summed E-state index contributed by atoms with van der Waals surface area (Å²) in [6.07, 6.45) is 6.75. The Hall–Kier alpha value is -2.00. The first-order valence-corrected chi connectivity index (χ1v) is 11.9. The van der Waals surface area contributed by atoms with Crippen molar-refractivity contribution in [2.45, 2.75) is 37.9 Å². The molecule has 0 aromatic heterocycles. The molecule has 0 aromatic rings. The maximum absolute atomic E-state index is 14.7. The van der Waals surface area contributed by atoms with Crippen molar-refractivity contribution >= 4 is 35.1 Å². The van der Waals surface area contributed by atoms with Gasteiger partial charge in [-0.3, -0.25) is 9.59 Å². The molecule has 2 atom stereocenters. The summed E-state index contributed by atoms with van der Waals surface area (Å²) in [6, 6.07) is 0. The van der Waals surface area contributed by atoms with Crippen molar-refractivity contribution in [3.8, 4) is 0 Å². The van der Waals surface area contributed by atoms with Gasteiger partial charge in [-0.1, -0.05) is 0 Å². The first-order valence-electron chi connectivity index (χ1n) is 10.9. The molecule has 2 unspecified atom stereocenters. The molecule has 3 heterocycles. The molecule has 31 heavy (non-hydrogen) atoms. The van der Waals surface area contributed by atoms with Gasteiger partial charge in [0.25, 0.3) is 5.91 Å². The Morgan fingerprint density at radius 2 is 2.10 bits per heavy atom. The number of likely N-dealkylation sites (tertiary alicyclic amines) is 1. The lowest BCUT2D eigenvalue weighted by molar-refractivity contribution is -0.131. The minimum atomic E-state index is -1.06. The van der Waals surface area contributed by atoms with Gasteiger partial charge in [0.2, 0.25) is 5.91 Å². The van der Waals surface area contributed by atoms with Gasteiger partial charge in [0.05, 0.1) is 18.1 Å². The lowest BCUT2D eigenvalue weighted by Crippen LogP contribution is -2.40. The van der Waals surface area contributed by atoms with Gasteiger partial charge in [0.15, 0.2) is 0 Å². The summed E-state index contributed by atoms with van der Waals surface area (Å²) in [5.41, 5.74) is 0.353. The van der Waals surface area contributed by atoms with Gasteiger partial charge in [-0.05, 0) is 25.7 Å². The van der Waals surface area contributed by atoms with E-state index < -0.39 is 17.7 Å². The molecule has 4 rings (SSSR count). The molecule has 0 spiro atoms. The first-order chi connectivity index (χ1) is 15.0. The lowest BCUT2D eigenvalue weighted by atomic mass is 9.94. The van der Waals surface area contributed by atoms with E-state index in [9.17, 15) is 14.0 Å². The van der Waals surface area contributed by atoms with Crippen molar-refractivity contribution in [1.82, 2.24) is 4.90 Å². The van der Waals surface area contributed by atoms with Crippen LogP contribution in [0.15, 0.2) is 33.7 Å². The third kappa shape index (κ3) is 5.63. The fraction of sp³-hybridized carbons (Fsp3) is 0.636. The fourth-order valence-corrected chi connectivity index (χ4v) is 5.26. The van der Waals surface area contributed by atoms with E-state index in [-0.39, 0.29) is 11.8 Å². The third-order valence-electron chi connectivity index (χ3n) is 5.95. The second kappa shape index (κ2) is 10.1. The quantitative estimate of drug-likeness (QED) is 0.623. The average molecular weight is 450 g/mol. The third-order valence-corrected chi connectivity index (χ3v) is 7.32. The van der Waals surface area contributed by atoms with E-state index in [1.165, 1.54) is 6.08 Å². The standard InChI is InChI=1S/C22H28FN3O4S/c1-14(27)26-6-2-3-15(11-26)12-30-16-9-18(23)21-19(10-16)24-20(25-22(21)28)13-31-17-4-7-29-8-5-17/h9-10,15,17,21H,2-8,11-13H2,1H3. The molecule has 0 N–H and O–H groups in total. The minimum Gasteiger partial charge on any atom is -0.493 e. The number of halogens is 1. The zero-order valence-electron chi connectivity index (χ0n) is 17.7. The van der Waals surface area contributed by atoms with Gasteiger partial charge in [0, 0.05) is 56.5 Å². The first kappa shape index (κ1) is 22.2. The van der Waals surface area contributed by atoms with Crippen LogP contribution in [0.25, 0.3) is 0 Å². The van der Waals surface area contributed by atoms with Crippen molar-refractivity contribution in [2.75, 3.05) is 38.7 Å². The maximum Gasteiger partial charge on any atom is 0.263 e. The number of hydrogen-bond donors (Lipinski definition) is 0. The summed E-state index contributed by atoms with van der Waals surface area (Å²) >= 11 is 1.72. The molecule has 3 aliphatic heterocycles. The van der Waals surface area contributed by atoms with Crippen LogP contribution >= 0.6 is 11.8 Å². The van der Waals surface area contributed by atoms with Crippen molar-refractivity contribution in [2.24, 2.45) is 21.8 Å².